The van der Waals surface area contributed by atoms with Crippen molar-refractivity contribution in [1.82, 2.24) is 14.8 Å². The summed E-state index contributed by atoms with van der Waals surface area (Å²) in [7, 11) is 0. The van der Waals surface area contributed by atoms with Crippen LogP contribution in [0.3, 0.4) is 0 Å². The third-order valence-electron chi connectivity index (χ3n) is 4.73. The van der Waals surface area contributed by atoms with E-state index in [0.29, 0.717) is 17.6 Å². The zero-order valence-corrected chi connectivity index (χ0v) is 15.6. The van der Waals surface area contributed by atoms with Crippen LogP contribution in [0.5, 0.6) is 0 Å². The second kappa shape index (κ2) is 8.06. The Morgan fingerprint density at radius 1 is 1.19 bits per heavy atom. The van der Waals surface area contributed by atoms with E-state index in [1.54, 1.807) is 24.5 Å². The Labute approximate surface area is 160 Å². The van der Waals surface area contributed by atoms with E-state index >= 15 is 0 Å². The fraction of sp³-hybridized carbons (Fsp3) is 0.368. The third kappa shape index (κ3) is 3.96. The van der Waals surface area contributed by atoms with Gasteiger partial charge in [-0.2, -0.15) is 11.8 Å². The van der Waals surface area contributed by atoms with E-state index in [2.05, 4.69) is 10.2 Å². The Morgan fingerprint density at radius 2 is 2.00 bits per heavy atom. The number of nitrogens with zero attached hydrogens (tertiary/aromatic N) is 2. The summed E-state index contributed by atoms with van der Waals surface area (Å²) in [5.74, 6) is 2.23. The van der Waals surface area contributed by atoms with Gasteiger partial charge in [0, 0.05) is 31.1 Å². The summed E-state index contributed by atoms with van der Waals surface area (Å²) in [6.45, 7) is 2.27. The minimum absolute atomic E-state index is 0.0114. The topological polar surface area (TPSA) is 80.6 Å². The first-order valence-electron chi connectivity index (χ1n) is 8.92. The molecule has 1 atom stereocenters. The number of thioether (sulfide) groups is 1. The van der Waals surface area contributed by atoms with Gasteiger partial charge in [-0.25, -0.2) is 4.79 Å². The maximum absolute atomic E-state index is 12.5. The fourth-order valence-electron chi connectivity index (χ4n) is 3.35. The molecule has 0 saturated carbocycles. The van der Waals surface area contributed by atoms with Gasteiger partial charge in [0.1, 0.15) is 12.3 Å². The van der Waals surface area contributed by atoms with Crippen molar-refractivity contribution in [1.29, 1.82) is 0 Å². The molecule has 3 aromatic rings. The highest BCUT2D eigenvalue weighted by molar-refractivity contribution is 7.99. The fourth-order valence-corrected chi connectivity index (χ4v) is 4.28. The molecular weight excluding hydrogens is 366 g/mol. The van der Waals surface area contributed by atoms with Crippen molar-refractivity contribution in [2.75, 3.05) is 31.1 Å². The molecule has 1 amide bonds. The number of carbonyl (C=O) groups excluding carboxylic acids is 1. The van der Waals surface area contributed by atoms with E-state index in [0.717, 1.165) is 30.4 Å². The lowest BCUT2D eigenvalue weighted by molar-refractivity contribution is -0.122. The van der Waals surface area contributed by atoms with E-state index < -0.39 is 5.76 Å². The minimum atomic E-state index is -0.526. The summed E-state index contributed by atoms with van der Waals surface area (Å²) in [5, 5.41) is 2.95. The van der Waals surface area contributed by atoms with Crippen LogP contribution in [-0.4, -0.2) is 46.5 Å². The molecule has 1 N–H and O–H groups in total. The van der Waals surface area contributed by atoms with Gasteiger partial charge in [0.25, 0.3) is 0 Å². The number of hydrogen-bond acceptors (Lipinski definition) is 6. The van der Waals surface area contributed by atoms with Crippen LogP contribution >= 0.6 is 11.8 Å². The lowest BCUT2D eigenvalue weighted by atomic mass is 10.2. The van der Waals surface area contributed by atoms with Crippen molar-refractivity contribution < 1.29 is 13.6 Å². The van der Waals surface area contributed by atoms with Crippen LogP contribution in [0.2, 0.25) is 0 Å². The molecule has 2 aromatic heterocycles. The number of para-hydroxylation sites is 2. The molecule has 8 heteroatoms. The molecule has 1 saturated heterocycles. The molecule has 0 unspecified atom stereocenters. The van der Waals surface area contributed by atoms with Crippen LogP contribution < -0.4 is 11.1 Å². The van der Waals surface area contributed by atoms with Crippen molar-refractivity contribution in [3.05, 3.63) is 59.0 Å². The lowest BCUT2D eigenvalue weighted by Gasteiger charge is -2.33. The average molecular weight is 387 g/mol. The second-order valence-electron chi connectivity index (χ2n) is 6.41. The molecule has 142 valence electrons. The first kappa shape index (κ1) is 17.9. The van der Waals surface area contributed by atoms with Crippen LogP contribution in [-0.2, 0) is 11.3 Å². The van der Waals surface area contributed by atoms with E-state index in [1.165, 1.54) is 4.57 Å². The maximum atomic E-state index is 12.5. The van der Waals surface area contributed by atoms with Crippen LogP contribution in [0.4, 0.5) is 0 Å². The summed E-state index contributed by atoms with van der Waals surface area (Å²) in [4.78, 5) is 26.9. The Morgan fingerprint density at radius 3 is 2.78 bits per heavy atom. The summed E-state index contributed by atoms with van der Waals surface area (Å²) in [5.41, 5.74) is 1.10. The van der Waals surface area contributed by atoms with Gasteiger partial charge < -0.3 is 14.2 Å². The van der Waals surface area contributed by atoms with E-state index in [1.807, 2.05) is 30.0 Å². The minimum Gasteiger partial charge on any atom is -0.468 e. The van der Waals surface area contributed by atoms with Gasteiger partial charge >= 0.3 is 5.76 Å². The molecular formula is C19H21N3O4S. The van der Waals surface area contributed by atoms with Crippen molar-refractivity contribution in [2.45, 2.75) is 12.6 Å². The molecule has 0 aliphatic carbocycles. The average Bonchev–Trinajstić information content (AvgIpc) is 3.32. The number of benzene rings is 1. The molecule has 0 radical (unpaired) electrons. The summed E-state index contributed by atoms with van der Waals surface area (Å²) < 4.78 is 12.1. The van der Waals surface area contributed by atoms with E-state index in [9.17, 15) is 9.59 Å². The second-order valence-corrected chi connectivity index (χ2v) is 7.63. The van der Waals surface area contributed by atoms with Gasteiger partial charge in [-0.1, -0.05) is 12.1 Å². The Kier molecular flexibility index (Phi) is 5.35. The predicted molar refractivity (Wildman–Crippen MR) is 104 cm³/mol. The number of oxazole rings is 1. The number of amides is 1. The van der Waals surface area contributed by atoms with E-state index in [4.69, 9.17) is 8.83 Å². The van der Waals surface area contributed by atoms with Crippen LogP contribution in [0, 0.1) is 0 Å². The Balaban J connectivity index is 1.45. The molecule has 0 bridgehead atoms. The quantitative estimate of drug-likeness (QED) is 0.698. The van der Waals surface area contributed by atoms with Crippen molar-refractivity contribution in [3.63, 3.8) is 0 Å². The summed E-state index contributed by atoms with van der Waals surface area (Å²) in [6.07, 6.45) is 1.65. The van der Waals surface area contributed by atoms with Crippen molar-refractivity contribution in [2.24, 2.45) is 0 Å². The van der Waals surface area contributed by atoms with Gasteiger partial charge in [0.05, 0.1) is 17.8 Å². The van der Waals surface area contributed by atoms with Gasteiger partial charge in [0.15, 0.2) is 5.58 Å². The lowest BCUT2D eigenvalue weighted by Crippen LogP contribution is -2.42. The Bertz CT molecular complexity index is 957. The molecule has 4 rings (SSSR count). The van der Waals surface area contributed by atoms with Gasteiger partial charge in [0.2, 0.25) is 5.91 Å². The summed E-state index contributed by atoms with van der Waals surface area (Å²) in [6, 6.07) is 10.9. The highest BCUT2D eigenvalue weighted by Crippen LogP contribution is 2.24. The molecule has 1 aliphatic rings. The summed E-state index contributed by atoms with van der Waals surface area (Å²) >= 11 is 1.94. The molecule has 3 heterocycles. The van der Waals surface area contributed by atoms with Crippen LogP contribution in [0.1, 0.15) is 11.8 Å². The molecule has 1 aromatic carbocycles. The maximum Gasteiger partial charge on any atom is 0.420 e. The molecule has 1 aliphatic heterocycles. The molecule has 1 fully saturated rings. The standard InChI is InChI=1S/C19H21N3O4S/c23-18(13-22-14-4-1-2-5-17(14)26-19(22)24)20-12-15(16-6-3-9-25-16)21-7-10-27-11-8-21/h1-6,9,15H,7-8,10-13H2,(H,20,23)/t15-/m1/s1. The SMILES string of the molecule is O=C(Cn1c(=O)oc2ccccc21)NC[C@H](c1ccco1)N1CCSCC1. The van der Waals surface area contributed by atoms with Crippen LogP contribution in [0.15, 0.2) is 56.3 Å². The first-order valence-corrected chi connectivity index (χ1v) is 10.1. The smallest absolute Gasteiger partial charge is 0.420 e. The number of rotatable bonds is 6. The molecule has 0 spiro atoms. The zero-order chi connectivity index (χ0) is 18.6. The third-order valence-corrected chi connectivity index (χ3v) is 5.67. The highest BCUT2D eigenvalue weighted by atomic mass is 32.2. The number of fused-ring (bicyclic) bond motifs is 1. The number of carbonyl (C=O) groups is 1. The molecule has 27 heavy (non-hydrogen) atoms. The van der Waals surface area contributed by atoms with Gasteiger partial charge in [-0.05, 0) is 24.3 Å². The first-order chi connectivity index (χ1) is 13.2. The predicted octanol–water partition coefficient (Wildman–Crippen LogP) is 2.09. The largest absolute Gasteiger partial charge is 0.468 e. The molecule has 7 nitrogen and oxygen atoms in total. The van der Waals surface area contributed by atoms with Crippen molar-refractivity contribution in [3.8, 4) is 0 Å². The normalized spacial score (nSPS) is 16.4. The number of aromatic nitrogens is 1. The highest BCUT2D eigenvalue weighted by Gasteiger charge is 2.25. The van der Waals surface area contributed by atoms with Gasteiger partial charge in [-0.15, -0.1) is 0 Å². The number of nitrogens with one attached hydrogen (secondary N) is 1. The van der Waals surface area contributed by atoms with E-state index in [-0.39, 0.29) is 18.5 Å². The number of furan rings is 1. The zero-order valence-electron chi connectivity index (χ0n) is 14.8. The monoisotopic (exact) mass is 387 g/mol. The van der Waals surface area contributed by atoms with Crippen LogP contribution in [0.25, 0.3) is 11.1 Å². The Hall–Kier alpha value is -2.45. The van der Waals surface area contributed by atoms with Gasteiger partial charge in [-0.3, -0.25) is 14.3 Å². The number of hydrogen-bond donors (Lipinski definition) is 1. The van der Waals surface area contributed by atoms with Crippen molar-refractivity contribution >= 4 is 28.8 Å².